The number of rotatable bonds is 10. The van der Waals surface area contributed by atoms with Crippen molar-refractivity contribution in [2.45, 2.75) is 160 Å². The summed E-state index contributed by atoms with van der Waals surface area (Å²) in [7, 11) is 1.32. The molecule has 2 N–H and O–H groups in total. The molecular formula is C57H65NO13. The molecule has 2 aromatic carbocycles. The Hall–Kier alpha value is -5.22. The minimum Gasteiger partial charge on any atom is -0.482 e. The molecule has 376 valence electrons. The first-order valence-corrected chi connectivity index (χ1v) is 25.1. The molecule has 0 aromatic heterocycles. The van der Waals surface area contributed by atoms with Gasteiger partial charge in [0, 0.05) is 52.0 Å². The summed E-state index contributed by atoms with van der Waals surface area (Å²) < 4.78 is 53.4. The van der Waals surface area contributed by atoms with Crippen LogP contribution in [0.3, 0.4) is 0 Å². The molecule has 14 nitrogen and oxygen atoms in total. The Morgan fingerprint density at radius 3 is 2.38 bits per heavy atom. The van der Waals surface area contributed by atoms with Crippen LogP contribution in [-0.2, 0) is 39.7 Å². The second kappa shape index (κ2) is 16.4. The topological polar surface area (TPSA) is 178 Å². The summed E-state index contributed by atoms with van der Waals surface area (Å²) in [5.74, 6) is -3.42. The van der Waals surface area contributed by atoms with Crippen LogP contribution < -0.4 is 14.2 Å². The second-order valence-electron chi connectivity index (χ2n) is 22.6. The Labute approximate surface area is 414 Å². The van der Waals surface area contributed by atoms with Crippen LogP contribution in [0.4, 0.5) is 0 Å². The van der Waals surface area contributed by atoms with Crippen molar-refractivity contribution in [2.75, 3.05) is 13.7 Å². The van der Waals surface area contributed by atoms with E-state index in [-0.39, 0.29) is 30.3 Å². The molecule has 12 rings (SSSR count). The number of hydrogen-bond acceptors (Lipinski definition) is 14. The maximum Gasteiger partial charge on any atom is 0.333 e. The molecule has 1 spiro atoms. The van der Waals surface area contributed by atoms with Gasteiger partial charge in [-0.25, -0.2) is 4.79 Å². The van der Waals surface area contributed by atoms with Gasteiger partial charge in [-0.1, -0.05) is 53.6 Å². The summed E-state index contributed by atoms with van der Waals surface area (Å²) in [5.41, 5.74) is 2.14. The highest BCUT2D eigenvalue weighted by atomic mass is 16.8. The summed E-state index contributed by atoms with van der Waals surface area (Å²) in [6.45, 7) is 19.4. The number of carbonyl (C=O) groups excluding carboxylic acids is 3. The molecule has 3 saturated heterocycles. The minimum atomic E-state index is -1.68. The number of allylic oxidation sites excluding steroid dienone is 4. The van der Waals surface area contributed by atoms with E-state index >= 15 is 4.79 Å². The standard InChI is InChI=1S/C57H65NO13/c1-27(2)15-14-22-55(10)23-21-33-46(69-55)32(19-18-28(3)4)48-39(47(33)67-52-45(61)44(60)49-35(66-52)26-65-54(8,9)68-49)42-40-37(38-41(58-42)30-16-12-13-17-31(30)43(38)59)34-25-36-53(6,7)71-56(50(34)62,57(36,40)70-48)24-20-29(5)51(63)64-11/h12-13,15-18,20-21,23,34-38,44-45,49,52,60-61H,14,19,22,24-26H2,1-11H3/b29-20-/t34?,35-,36?,37?,38?,44-,45-,49-,52+,55?,56?,57?/m1/s1. The van der Waals surface area contributed by atoms with E-state index in [1.54, 1.807) is 26.8 Å². The number of nitrogens with zero attached hydrogens (tertiary/aromatic N) is 1. The zero-order valence-corrected chi connectivity index (χ0v) is 42.5. The molecule has 71 heavy (non-hydrogen) atoms. The normalized spacial score (nSPS) is 35.9. The minimum absolute atomic E-state index is 0.0276. The first-order chi connectivity index (χ1) is 33.6. The van der Waals surface area contributed by atoms with Crippen LogP contribution in [0.15, 0.2) is 75.9 Å². The van der Waals surface area contributed by atoms with Crippen molar-refractivity contribution in [3.8, 4) is 17.2 Å². The number of aliphatic hydroxyl groups is 2. The Bertz CT molecular complexity index is 2870. The van der Waals surface area contributed by atoms with Gasteiger partial charge >= 0.3 is 5.97 Å². The molecule has 4 bridgehead atoms. The molecule has 10 aliphatic rings. The average Bonchev–Trinajstić information content (AvgIpc) is 3.68. The van der Waals surface area contributed by atoms with E-state index < -0.39 is 88.5 Å². The summed E-state index contributed by atoms with van der Waals surface area (Å²) in [6, 6.07) is 7.45. The first-order valence-electron chi connectivity index (χ1n) is 25.1. The van der Waals surface area contributed by atoms with Gasteiger partial charge in [0.2, 0.25) is 6.29 Å². The van der Waals surface area contributed by atoms with E-state index in [2.05, 4.69) is 26.0 Å². The fraction of sp³-hybridized carbons (Fsp3) is 0.544. The van der Waals surface area contributed by atoms with E-state index in [9.17, 15) is 19.8 Å². The highest BCUT2D eigenvalue weighted by Crippen LogP contribution is 2.75. The molecule has 0 radical (unpaired) electrons. The molecule has 6 fully saturated rings. The van der Waals surface area contributed by atoms with Gasteiger partial charge < -0.3 is 48.1 Å². The maximum absolute atomic E-state index is 16.0. The number of benzene rings is 2. The molecular weight excluding hydrogens is 907 g/mol. The molecule has 6 heterocycles. The summed E-state index contributed by atoms with van der Waals surface area (Å²) >= 11 is 0. The van der Waals surface area contributed by atoms with Crippen LogP contribution in [0.1, 0.15) is 128 Å². The Morgan fingerprint density at radius 2 is 1.66 bits per heavy atom. The molecule has 7 unspecified atom stereocenters. The molecule has 14 heteroatoms. The summed E-state index contributed by atoms with van der Waals surface area (Å²) in [5, 5.41) is 23.8. The second-order valence-corrected chi connectivity index (χ2v) is 22.6. The van der Waals surface area contributed by atoms with Gasteiger partial charge in [-0.05, 0) is 107 Å². The van der Waals surface area contributed by atoms with Crippen LogP contribution in [0, 0.1) is 23.7 Å². The average molecular weight is 972 g/mol. The molecule has 3 saturated carbocycles. The number of fused-ring (bicyclic) bond motifs is 7. The summed E-state index contributed by atoms with van der Waals surface area (Å²) in [4.78, 5) is 49.6. The number of carbonyl (C=O) groups is 3. The van der Waals surface area contributed by atoms with E-state index in [1.165, 1.54) is 12.7 Å². The predicted molar refractivity (Wildman–Crippen MR) is 262 cm³/mol. The third-order valence-corrected chi connectivity index (χ3v) is 16.6. The van der Waals surface area contributed by atoms with Gasteiger partial charge in [0.25, 0.3) is 0 Å². The van der Waals surface area contributed by atoms with Crippen LogP contribution in [0.2, 0.25) is 0 Å². The van der Waals surface area contributed by atoms with E-state index in [0.29, 0.717) is 81.1 Å². The fourth-order valence-corrected chi connectivity index (χ4v) is 13.3. The van der Waals surface area contributed by atoms with Gasteiger partial charge in [0.05, 0.1) is 47.8 Å². The van der Waals surface area contributed by atoms with E-state index in [1.807, 2.05) is 71.0 Å². The lowest BCUT2D eigenvalue weighted by Crippen LogP contribution is -2.75. The van der Waals surface area contributed by atoms with Crippen LogP contribution in [0.5, 0.6) is 17.2 Å². The van der Waals surface area contributed by atoms with E-state index in [4.69, 9.17) is 42.9 Å². The van der Waals surface area contributed by atoms with Gasteiger partial charge in [0.1, 0.15) is 47.3 Å². The number of aliphatic hydroxyl groups excluding tert-OH is 2. The zero-order valence-electron chi connectivity index (χ0n) is 42.5. The number of aliphatic imine (C=N–C) groups is 1. The molecule has 0 amide bonds. The quantitative estimate of drug-likeness (QED) is 0.133. The number of methoxy groups -OCH3 is 1. The molecule has 6 aliphatic heterocycles. The SMILES string of the molecule is COC(=O)/C(C)=C\CC12OC(C)(C)C3CC(C1=O)C1C4=C(N=C5c6ccccc6C(=O)C51)c1c(O[C@@H]5O[C@@H]6COC(C)(C)O[C@H]6[C@H](O)[C@H]5O)c5c(c(CC=C(C)C)c1OC432)OC(C)(CCC=C(C)C)C=C5. The lowest BCUT2D eigenvalue weighted by atomic mass is 9.43. The van der Waals surface area contributed by atoms with Crippen molar-refractivity contribution in [3.63, 3.8) is 0 Å². The third-order valence-electron chi connectivity index (χ3n) is 16.6. The third kappa shape index (κ3) is 6.94. The van der Waals surface area contributed by atoms with Crippen LogP contribution >= 0.6 is 0 Å². The Balaban J connectivity index is 1.22. The van der Waals surface area contributed by atoms with Gasteiger partial charge in [-0.2, -0.15) is 0 Å². The van der Waals surface area contributed by atoms with E-state index in [0.717, 1.165) is 12.0 Å². The Kier molecular flexibility index (Phi) is 11.1. The molecule has 12 atom stereocenters. The number of esters is 1. The monoisotopic (exact) mass is 971 g/mol. The highest BCUT2D eigenvalue weighted by Gasteiger charge is 2.84. The van der Waals surface area contributed by atoms with Gasteiger partial charge in [-0.3, -0.25) is 14.6 Å². The predicted octanol–water partition coefficient (Wildman–Crippen LogP) is 8.13. The lowest BCUT2D eigenvalue weighted by Gasteiger charge is -2.62. The van der Waals surface area contributed by atoms with Crippen LogP contribution in [0.25, 0.3) is 11.8 Å². The van der Waals surface area contributed by atoms with Gasteiger partial charge in [-0.15, -0.1) is 0 Å². The van der Waals surface area contributed by atoms with Crippen molar-refractivity contribution in [1.82, 2.24) is 0 Å². The molecule has 2 aromatic rings. The Morgan fingerprint density at radius 1 is 0.930 bits per heavy atom. The largest absolute Gasteiger partial charge is 0.482 e. The smallest absolute Gasteiger partial charge is 0.333 e. The zero-order chi connectivity index (χ0) is 50.5. The van der Waals surface area contributed by atoms with Crippen molar-refractivity contribution in [2.24, 2.45) is 28.7 Å². The molecule has 4 aliphatic carbocycles. The van der Waals surface area contributed by atoms with Crippen molar-refractivity contribution in [1.29, 1.82) is 0 Å². The number of Topliss-reactive ketones (excluding diaryl/α,β-unsaturated/α-hetero) is 2. The first kappa shape index (κ1) is 48.1. The fourth-order valence-electron chi connectivity index (χ4n) is 13.3. The van der Waals surface area contributed by atoms with Gasteiger partial charge in [0.15, 0.2) is 28.6 Å². The summed E-state index contributed by atoms with van der Waals surface area (Å²) in [6.07, 6.45) is 5.89. The lowest BCUT2D eigenvalue weighted by molar-refractivity contribution is -0.373. The van der Waals surface area contributed by atoms with Crippen molar-refractivity contribution >= 4 is 35.0 Å². The number of hydrogen-bond donors (Lipinski definition) is 2. The number of ketones is 2. The number of ether oxygens (including phenoxy) is 8. The highest BCUT2D eigenvalue weighted by molar-refractivity contribution is 6.31. The van der Waals surface area contributed by atoms with Crippen LogP contribution in [-0.4, -0.2) is 106 Å². The van der Waals surface area contributed by atoms with Crippen molar-refractivity contribution < 1.29 is 62.5 Å². The van der Waals surface area contributed by atoms with Crippen molar-refractivity contribution in [3.05, 3.63) is 98.7 Å². The maximum atomic E-state index is 16.0.